The van der Waals surface area contributed by atoms with Crippen LogP contribution in [0.15, 0.2) is 34.9 Å². The van der Waals surface area contributed by atoms with Gasteiger partial charge in [0.2, 0.25) is 6.20 Å². The molecule has 1 aromatic heterocycles. The molecular weight excluding hydrogens is 234 g/mol. The lowest BCUT2D eigenvalue weighted by atomic mass is 10.2. The van der Waals surface area contributed by atoms with Gasteiger partial charge in [-0.1, -0.05) is 0 Å². The molecule has 0 spiro atoms. The molecule has 2 N–H and O–H groups in total. The fraction of sp³-hybridized carbons (Fsp3) is 0. The molecule has 0 radical (unpaired) electrons. The summed E-state index contributed by atoms with van der Waals surface area (Å²) in [6.07, 6.45) is 1.53. The molecule has 1 heterocycles. The van der Waals surface area contributed by atoms with Crippen LogP contribution >= 0.6 is 15.9 Å². The summed E-state index contributed by atoms with van der Waals surface area (Å²) in [6, 6.07) is 6.69. The third-order valence-electron chi connectivity index (χ3n) is 1.87. The number of nitrogens with zero attached hydrogens (tertiary/aromatic N) is 1. The predicted octanol–water partition coefficient (Wildman–Crippen LogP) is 1.83. The number of hydrogen-bond donors (Lipinski definition) is 2. The molecule has 4 heteroatoms. The van der Waals surface area contributed by atoms with Gasteiger partial charge in [0, 0.05) is 16.9 Å². The molecule has 0 fully saturated rings. The Hall–Kier alpha value is -1.29. The first-order valence-corrected chi connectivity index (χ1v) is 4.50. The number of halogens is 1. The summed E-state index contributed by atoms with van der Waals surface area (Å²) < 4.78 is 1.60. The molecule has 13 heavy (non-hydrogen) atoms. The van der Waals surface area contributed by atoms with E-state index in [-0.39, 0.29) is 5.75 Å². The van der Waals surface area contributed by atoms with Gasteiger partial charge in [-0.25, -0.2) is 0 Å². The molecule has 0 aliphatic rings. The Balaban J connectivity index is 2.94. The minimum Gasteiger partial charge on any atom is -0.507 e. The molecule has 2 aromatic rings. The van der Waals surface area contributed by atoms with E-state index in [1.807, 2.05) is 6.07 Å². The number of aromatic nitrogens is 1. The third-order valence-corrected chi connectivity index (χ3v) is 2.71. The second-order valence-electron chi connectivity index (χ2n) is 2.68. The van der Waals surface area contributed by atoms with Gasteiger partial charge in [0.25, 0.3) is 5.52 Å². The van der Waals surface area contributed by atoms with E-state index in [1.165, 1.54) is 12.3 Å². The van der Waals surface area contributed by atoms with Crippen molar-refractivity contribution in [3.05, 3.63) is 34.9 Å². The first kappa shape index (κ1) is 8.31. The molecule has 0 amide bonds. The molecule has 0 atom stereocenters. The molecule has 3 nitrogen and oxygen atoms in total. The van der Waals surface area contributed by atoms with Gasteiger partial charge in [-0.3, -0.25) is 5.21 Å². The maximum Gasteiger partial charge on any atom is 0.265 e. The van der Waals surface area contributed by atoms with Crippen LogP contribution in [0.4, 0.5) is 0 Å². The minimum atomic E-state index is 0.165. The number of pyridine rings is 1. The van der Waals surface area contributed by atoms with Crippen LogP contribution in [0.5, 0.6) is 5.75 Å². The highest BCUT2D eigenvalue weighted by atomic mass is 79.9. The highest BCUT2D eigenvalue weighted by Gasteiger charge is 2.11. The molecule has 0 aliphatic carbocycles. The van der Waals surface area contributed by atoms with Gasteiger partial charge < -0.3 is 5.11 Å². The normalized spacial score (nSPS) is 10.5. The van der Waals surface area contributed by atoms with Crippen LogP contribution in [0, 0.1) is 0 Å². The largest absolute Gasteiger partial charge is 0.507 e. The van der Waals surface area contributed by atoms with Gasteiger partial charge in [0.1, 0.15) is 5.75 Å². The summed E-state index contributed by atoms with van der Waals surface area (Å²) in [4.78, 5) is 0. The lowest BCUT2D eigenvalue weighted by Crippen LogP contribution is -2.29. The summed E-state index contributed by atoms with van der Waals surface area (Å²) in [7, 11) is 0. The van der Waals surface area contributed by atoms with Gasteiger partial charge in [0.05, 0.1) is 9.86 Å². The number of hydrogen-bond acceptors (Lipinski definition) is 2. The van der Waals surface area contributed by atoms with Crippen molar-refractivity contribution in [3.8, 4) is 5.75 Å². The monoisotopic (exact) mass is 240 g/mol. The smallest absolute Gasteiger partial charge is 0.265 e. The summed E-state index contributed by atoms with van der Waals surface area (Å²) in [5, 5.41) is 19.5. The van der Waals surface area contributed by atoms with E-state index < -0.39 is 0 Å². The third kappa shape index (κ3) is 1.23. The maximum atomic E-state index is 9.40. The topological polar surface area (TPSA) is 44.3 Å². The highest BCUT2D eigenvalue weighted by Crippen LogP contribution is 2.30. The average molecular weight is 241 g/mol. The molecule has 0 aliphatic heterocycles. The molecule has 0 saturated heterocycles. The summed E-state index contributed by atoms with van der Waals surface area (Å²) >= 11 is 3.24. The fourth-order valence-electron chi connectivity index (χ4n) is 1.23. The molecule has 0 saturated carbocycles. The Kier molecular flexibility index (Phi) is 1.84. The van der Waals surface area contributed by atoms with Crippen molar-refractivity contribution in [2.75, 3.05) is 0 Å². The SMILES string of the molecule is Oc1ccc2c(ccc[n+]2O)c1Br. The van der Waals surface area contributed by atoms with Crippen LogP contribution in [-0.2, 0) is 0 Å². The standard InChI is InChI=1S/C9H6BrNO2/c10-9-6-2-1-5-11(13)7(6)3-4-8(9)12/h1-5H,(H-,12,13)/p+1. The van der Waals surface area contributed by atoms with Crippen LogP contribution in [0.1, 0.15) is 0 Å². The van der Waals surface area contributed by atoms with Gasteiger partial charge >= 0.3 is 0 Å². The summed E-state index contributed by atoms with van der Waals surface area (Å²) in [6.45, 7) is 0. The van der Waals surface area contributed by atoms with Crippen molar-refractivity contribution in [2.24, 2.45) is 0 Å². The number of fused-ring (bicyclic) bond motifs is 1. The van der Waals surface area contributed by atoms with E-state index in [1.54, 1.807) is 12.1 Å². The van der Waals surface area contributed by atoms with Crippen molar-refractivity contribution in [1.82, 2.24) is 0 Å². The van der Waals surface area contributed by atoms with Crippen LogP contribution < -0.4 is 4.73 Å². The van der Waals surface area contributed by atoms with Gasteiger partial charge in [-0.2, -0.15) is 0 Å². The minimum absolute atomic E-state index is 0.165. The Morgan fingerprint density at radius 3 is 2.77 bits per heavy atom. The van der Waals surface area contributed by atoms with Crippen molar-refractivity contribution < 1.29 is 15.0 Å². The second kappa shape index (κ2) is 2.88. The molecule has 0 unspecified atom stereocenters. The summed E-state index contributed by atoms with van der Waals surface area (Å²) in [5.74, 6) is 0.165. The van der Waals surface area contributed by atoms with Crippen LogP contribution in [0.25, 0.3) is 10.9 Å². The predicted molar refractivity (Wildman–Crippen MR) is 50.7 cm³/mol. The zero-order chi connectivity index (χ0) is 9.42. The Morgan fingerprint density at radius 2 is 2.00 bits per heavy atom. The van der Waals surface area contributed by atoms with Crippen LogP contribution in [0.2, 0.25) is 0 Å². The first-order chi connectivity index (χ1) is 6.20. The zero-order valence-electron chi connectivity index (χ0n) is 6.61. The molecule has 66 valence electrons. The van der Waals surface area contributed by atoms with Crippen molar-refractivity contribution in [3.63, 3.8) is 0 Å². The van der Waals surface area contributed by atoms with E-state index in [9.17, 15) is 10.3 Å². The number of phenols is 1. The van der Waals surface area contributed by atoms with Crippen LogP contribution in [0.3, 0.4) is 0 Å². The van der Waals surface area contributed by atoms with Crippen molar-refractivity contribution in [1.29, 1.82) is 0 Å². The second-order valence-corrected chi connectivity index (χ2v) is 3.48. The average Bonchev–Trinajstić information content (AvgIpc) is 2.12. The number of phenolic OH excluding ortho intramolecular Hbond substituents is 1. The Labute approximate surface area is 83.0 Å². The molecule has 2 rings (SSSR count). The fourth-order valence-corrected chi connectivity index (χ4v) is 1.70. The van der Waals surface area contributed by atoms with Crippen molar-refractivity contribution >= 4 is 26.8 Å². The van der Waals surface area contributed by atoms with E-state index in [4.69, 9.17) is 0 Å². The van der Waals surface area contributed by atoms with Gasteiger partial charge in [0.15, 0.2) is 0 Å². The lowest BCUT2D eigenvalue weighted by Gasteiger charge is -1.98. The van der Waals surface area contributed by atoms with Gasteiger partial charge in [-0.05, 0) is 28.1 Å². The van der Waals surface area contributed by atoms with E-state index >= 15 is 0 Å². The lowest BCUT2D eigenvalue weighted by molar-refractivity contribution is -0.884. The highest BCUT2D eigenvalue weighted by molar-refractivity contribution is 9.10. The van der Waals surface area contributed by atoms with E-state index in [0.717, 1.165) is 10.1 Å². The molecule has 1 aromatic carbocycles. The number of aromatic hydroxyl groups is 1. The maximum absolute atomic E-state index is 9.40. The first-order valence-electron chi connectivity index (χ1n) is 3.71. The molecular formula is C9H7BrNO2+. The summed E-state index contributed by atoms with van der Waals surface area (Å²) in [5.41, 5.74) is 0.646. The van der Waals surface area contributed by atoms with E-state index in [0.29, 0.717) is 9.99 Å². The Morgan fingerprint density at radius 1 is 1.23 bits per heavy atom. The number of rotatable bonds is 0. The van der Waals surface area contributed by atoms with Gasteiger partial charge in [-0.15, -0.1) is 0 Å². The van der Waals surface area contributed by atoms with Crippen LogP contribution in [-0.4, -0.2) is 10.3 Å². The Bertz CT molecular complexity index is 470. The quantitative estimate of drug-likeness (QED) is 0.546. The zero-order valence-corrected chi connectivity index (χ0v) is 8.19. The number of benzene rings is 1. The van der Waals surface area contributed by atoms with Crippen molar-refractivity contribution in [2.45, 2.75) is 0 Å². The molecule has 0 bridgehead atoms. The van der Waals surface area contributed by atoms with E-state index in [2.05, 4.69) is 15.9 Å².